The number of hydrogen-bond acceptors (Lipinski definition) is 3. The first-order chi connectivity index (χ1) is 14.2. The van der Waals surface area contributed by atoms with Crippen LogP contribution in [-0.4, -0.2) is 35.6 Å². The van der Waals surface area contributed by atoms with Gasteiger partial charge < -0.3 is 14.5 Å². The standard InChI is InChI=1S/C24H29BrN2O3/c1-24(2,3)30-23(29)26-15-9-12-19(17-26)22(28)27(16-18-10-5-4-6-11-18)21-14-8-7-13-20(21)25/h4-8,10-11,13-14,19H,9,12,15-17H2,1-3H3. The summed E-state index contributed by atoms with van der Waals surface area (Å²) in [7, 11) is 0. The smallest absolute Gasteiger partial charge is 0.410 e. The van der Waals surface area contributed by atoms with Crippen LogP contribution in [0.2, 0.25) is 0 Å². The molecule has 1 fully saturated rings. The van der Waals surface area contributed by atoms with Crippen LogP contribution in [0.25, 0.3) is 0 Å². The molecule has 2 aromatic carbocycles. The number of likely N-dealkylation sites (tertiary alicyclic amines) is 1. The second kappa shape index (κ2) is 9.65. The minimum Gasteiger partial charge on any atom is -0.444 e. The quantitative estimate of drug-likeness (QED) is 0.579. The predicted molar refractivity (Wildman–Crippen MR) is 122 cm³/mol. The zero-order valence-corrected chi connectivity index (χ0v) is 19.4. The van der Waals surface area contributed by atoms with Crippen molar-refractivity contribution in [1.82, 2.24) is 4.90 Å². The van der Waals surface area contributed by atoms with Gasteiger partial charge in [-0.1, -0.05) is 42.5 Å². The maximum Gasteiger partial charge on any atom is 0.410 e. The van der Waals surface area contributed by atoms with Gasteiger partial charge >= 0.3 is 6.09 Å². The van der Waals surface area contributed by atoms with Crippen molar-refractivity contribution in [2.75, 3.05) is 18.0 Å². The highest BCUT2D eigenvalue weighted by atomic mass is 79.9. The number of ether oxygens (including phenoxy) is 1. The van der Waals surface area contributed by atoms with E-state index in [0.29, 0.717) is 19.6 Å². The topological polar surface area (TPSA) is 49.9 Å². The number of rotatable bonds is 4. The lowest BCUT2D eigenvalue weighted by Gasteiger charge is -2.36. The lowest BCUT2D eigenvalue weighted by atomic mass is 9.96. The monoisotopic (exact) mass is 472 g/mol. The molecule has 1 aliphatic heterocycles. The van der Waals surface area contributed by atoms with Gasteiger partial charge in [0.15, 0.2) is 0 Å². The van der Waals surface area contributed by atoms with E-state index in [-0.39, 0.29) is 17.9 Å². The Kier molecular flexibility index (Phi) is 7.19. The maximum atomic E-state index is 13.6. The molecule has 3 rings (SSSR count). The van der Waals surface area contributed by atoms with Crippen LogP contribution in [0.4, 0.5) is 10.5 Å². The largest absolute Gasteiger partial charge is 0.444 e. The molecule has 5 nitrogen and oxygen atoms in total. The zero-order chi connectivity index (χ0) is 21.7. The first kappa shape index (κ1) is 22.3. The van der Waals surface area contributed by atoms with Crippen LogP contribution in [0.15, 0.2) is 59.1 Å². The summed E-state index contributed by atoms with van der Waals surface area (Å²) in [6.07, 6.45) is 1.19. The summed E-state index contributed by atoms with van der Waals surface area (Å²) < 4.78 is 6.39. The van der Waals surface area contributed by atoms with E-state index in [1.54, 1.807) is 4.90 Å². The Morgan fingerprint density at radius 2 is 1.77 bits per heavy atom. The molecular weight excluding hydrogens is 444 g/mol. The van der Waals surface area contributed by atoms with Crippen molar-refractivity contribution in [3.8, 4) is 0 Å². The Morgan fingerprint density at radius 1 is 1.10 bits per heavy atom. The second-order valence-electron chi connectivity index (χ2n) is 8.63. The molecule has 160 valence electrons. The number of amides is 2. The van der Waals surface area contributed by atoms with E-state index in [0.717, 1.165) is 28.6 Å². The molecule has 0 radical (unpaired) electrons. The number of carbonyl (C=O) groups is 2. The molecule has 2 amide bonds. The fraction of sp³-hybridized carbons (Fsp3) is 0.417. The number of nitrogens with zero attached hydrogens (tertiary/aromatic N) is 2. The number of para-hydroxylation sites is 1. The summed E-state index contributed by atoms with van der Waals surface area (Å²) >= 11 is 3.59. The summed E-state index contributed by atoms with van der Waals surface area (Å²) in [6.45, 7) is 7.03. The highest BCUT2D eigenvalue weighted by molar-refractivity contribution is 9.10. The minimum atomic E-state index is -0.553. The van der Waals surface area contributed by atoms with Crippen molar-refractivity contribution in [1.29, 1.82) is 0 Å². The van der Waals surface area contributed by atoms with Crippen molar-refractivity contribution in [3.63, 3.8) is 0 Å². The van der Waals surface area contributed by atoms with Gasteiger partial charge in [-0.15, -0.1) is 0 Å². The van der Waals surface area contributed by atoms with Crippen molar-refractivity contribution in [2.24, 2.45) is 5.92 Å². The zero-order valence-electron chi connectivity index (χ0n) is 17.8. The third-order valence-electron chi connectivity index (χ3n) is 5.02. The van der Waals surface area contributed by atoms with E-state index in [1.165, 1.54) is 0 Å². The van der Waals surface area contributed by atoms with Crippen LogP contribution in [0.1, 0.15) is 39.2 Å². The van der Waals surface area contributed by atoms with Crippen molar-refractivity contribution < 1.29 is 14.3 Å². The summed E-state index contributed by atoms with van der Waals surface area (Å²) in [4.78, 5) is 29.7. The Morgan fingerprint density at radius 3 is 2.43 bits per heavy atom. The van der Waals surface area contributed by atoms with Gasteiger partial charge in [-0.25, -0.2) is 4.79 Å². The fourth-order valence-corrected chi connectivity index (χ4v) is 4.11. The van der Waals surface area contributed by atoms with Gasteiger partial charge in [0.2, 0.25) is 5.91 Å². The molecule has 0 saturated carbocycles. The Labute approximate surface area is 187 Å². The molecule has 1 saturated heterocycles. The highest BCUT2D eigenvalue weighted by Gasteiger charge is 2.34. The van der Waals surface area contributed by atoms with Gasteiger partial charge in [0.25, 0.3) is 0 Å². The predicted octanol–water partition coefficient (Wildman–Crippen LogP) is 5.63. The normalized spacial score (nSPS) is 16.8. The van der Waals surface area contributed by atoms with Crippen LogP contribution in [-0.2, 0) is 16.1 Å². The molecular formula is C24H29BrN2O3. The summed E-state index contributed by atoms with van der Waals surface area (Å²) in [5.41, 5.74) is 1.34. The first-order valence-corrected chi connectivity index (χ1v) is 11.1. The molecule has 0 N–H and O–H groups in total. The number of anilines is 1. The van der Waals surface area contributed by atoms with E-state index in [1.807, 2.05) is 80.3 Å². The van der Waals surface area contributed by atoms with Crippen LogP contribution >= 0.6 is 15.9 Å². The van der Waals surface area contributed by atoms with Gasteiger partial charge in [-0.2, -0.15) is 0 Å². The lowest BCUT2D eigenvalue weighted by Crippen LogP contribution is -2.48. The summed E-state index contributed by atoms with van der Waals surface area (Å²) in [6, 6.07) is 17.7. The van der Waals surface area contributed by atoms with E-state index >= 15 is 0 Å². The van der Waals surface area contributed by atoms with Crippen LogP contribution in [0, 0.1) is 5.92 Å². The lowest BCUT2D eigenvalue weighted by molar-refractivity contribution is -0.124. The molecule has 0 bridgehead atoms. The molecule has 1 unspecified atom stereocenters. The van der Waals surface area contributed by atoms with Crippen molar-refractivity contribution in [2.45, 2.75) is 45.8 Å². The average molecular weight is 473 g/mol. The van der Waals surface area contributed by atoms with Crippen molar-refractivity contribution in [3.05, 3.63) is 64.6 Å². The summed E-state index contributed by atoms with van der Waals surface area (Å²) in [5.74, 6) is -0.235. The molecule has 1 atom stereocenters. The molecule has 0 aromatic heterocycles. The molecule has 0 aliphatic carbocycles. The van der Waals surface area contributed by atoms with Gasteiger partial charge in [-0.05, 0) is 67.2 Å². The number of piperidine rings is 1. The van der Waals surface area contributed by atoms with Gasteiger partial charge in [0, 0.05) is 17.6 Å². The van der Waals surface area contributed by atoms with E-state index in [9.17, 15) is 9.59 Å². The fourth-order valence-electron chi connectivity index (χ4n) is 3.61. The minimum absolute atomic E-state index is 0.0269. The maximum absolute atomic E-state index is 13.6. The SMILES string of the molecule is CC(C)(C)OC(=O)N1CCCC(C(=O)N(Cc2ccccc2)c2ccccc2Br)C1. The average Bonchev–Trinajstić information content (AvgIpc) is 2.72. The van der Waals surface area contributed by atoms with E-state index < -0.39 is 5.60 Å². The molecule has 1 aliphatic rings. The third kappa shape index (κ3) is 5.85. The van der Waals surface area contributed by atoms with Gasteiger partial charge in [0.1, 0.15) is 5.60 Å². The second-order valence-corrected chi connectivity index (χ2v) is 9.48. The number of halogens is 1. The van der Waals surface area contributed by atoms with E-state index in [4.69, 9.17) is 4.74 Å². The molecule has 6 heteroatoms. The molecule has 2 aromatic rings. The van der Waals surface area contributed by atoms with Crippen LogP contribution in [0.3, 0.4) is 0 Å². The molecule has 0 spiro atoms. The van der Waals surface area contributed by atoms with E-state index in [2.05, 4.69) is 15.9 Å². The molecule has 30 heavy (non-hydrogen) atoms. The number of hydrogen-bond donors (Lipinski definition) is 0. The summed E-state index contributed by atoms with van der Waals surface area (Å²) in [5, 5.41) is 0. The Balaban J connectivity index is 1.82. The number of carbonyl (C=O) groups excluding carboxylic acids is 2. The number of benzene rings is 2. The van der Waals surface area contributed by atoms with Gasteiger partial charge in [-0.3, -0.25) is 4.79 Å². The Bertz CT molecular complexity index is 880. The van der Waals surface area contributed by atoms with Crippen molar-refractivity contribution >= 4 is 33.6 Å². The van der Waals surface area contributed by atoms with Crippen LogP contribution < -0.4 is 4.90 Å². The third-order valence-corrected chi connectivity index (χ3v) is 5.69. The van der Waals surface area contributed by atoms with Crippen LogP contribution in [0.5, 0.6) is 0 Å². The highest BCUT2D eigenvalue weighted by Crippen LogP contribution is 2.30. The Hall–Kier alpha value is -2.34. The van der Waals surface area contributed by atoms with Gasteiger partial charge in [0.05, 0.1) is 18.2 Å². The molecule has 1 heterocycles. The first-order valence-electron chi connectivity index (χ1n) is 10.3.